The summed E-state index contributed by atoms with van der Waals surface area (Å²) in [6.07, 6.45) is -0.438. The van der Waals surface area contributed by atoms with Crippen LogP contribution in [-0.4, -0.2) is 47.0 Å². The quantitative estimate of drug-likeness (QED) is 0.741. The van der Waals surface area contributed by atoms with Crippen LogP contribution in [0.25, 0.3) is 0 Å². The van der Waals surface area contributed by atoms with E-state index in [4.69, 9.17) is 9.47 Å². The van der Waals surface area contributed by atoms with E-state index in [-0.39, 0.29) is 0 Å². The number of hydrogen-bond acceptors (Lipinski definition) is 6. The van der Waals surface area contributed by atoms with Crippen molar-refractivity contribution in [2.75, 3.05) is 13.3 Å². The highest BCUT2D eigenvalue weighted by Gasteiger charge is 2.56. The minimum Gasteiger partial charge on any atom is -0.444 e. The third-order valence-electron chi connectivity index (χ3n) is 3.25. The van der Waals surface area contributed by atoms with Crippen molar-refractivity contribution in [1.29, 1.82) is 0 Å². The summed E-state index contributed by atoms with van der Waals surface area (Å²) in [7, 11) is 0. The number of carbonyl (C=O) groups excluding carboxylic acids is 1. The van der Waals surface area contributed by atoms with Crippen molar-refractivity contribution in [1.82, 2.24) is 4.90 Å². The summed E-state index contributed by atoms with van der Waals surface area (Å²) in [4.78, 5) is 18.3. The van der Waals surface area contributed by atoms with E-state index >= 15 is 0 Å². The molecule has 0 radical (unpaired) electrons. The average Bonchev–Trinajstić information content (AvgIpc) is 2.83. The lowest BCUT2D eigenvalue weighted by molar-refractivity contribution is -0.0643. The molecule has 112 valence electrons. The number of aliphatic imine (C=N–C) groups is 1. The second-order valence-corrected chi connectivity index (χ2v) is 6.69. The molecule has 1 atom stereocenters. The van der Waals surface area contributed by atoms with Crippen molar-refractivity contribution < 1.29 is 14.3 Å². The molecule has 7 heteroatoms. The number of azo groups is 1. The van der Waals surface area contributed by atoms with E-state index in [1.54, 1.807) is 4.90 Å². The Bertz CT molecular complexity index is 478. The average molecular weight is 282 g/mol. The summed E-state index contributed by atoms with van der Waals surface area (Å²) >= 11 is 0. The van der Waals surface area contributed by atoms with Crippen molar-refractivity contribution in [3.05, 3.63) is 0 Å². The van der Waals surface area contributed by atoms with E-state index in [1.165, 1.54) is 0 Å². The Labute approximate surface area is 119 Å². The molecule has 1 unspecified atom stereocenters. The van der Waals surface area contributed by atoms with Gasteiger partial charge in [0.2, 0.25) is 0 Å². The fourth-order valence-electron chi connectivity index (χ4n) is 2.44. The SMILES string of the molecule is CC(C)(C)OC(=O)N1C(C)(C)OCC1(C)C1=NCN=N1. The lowest BCUT2D eigenvalue weighted by Gasteiger charge is -2.39. The molecule has 0 aliphatic carbocycles. The van der Waals surface area contributed by atoms with Crippen LogP contribution >= 0.6 is 0 Å². The van der Waals surface area contributed by atoms with Gasteiger partial charge in [-0.2, -0.15) is 5.11 Å². The molecule has 0 aromatic heterocycles. The maximum absolute atomic E-state index is 12.5. The molecular weight excluding hydrogens is 260 g/mol. The highest BCUT2D eigenvalue weighted by atomic mass is 16.6. The molecule has 20 heavy (non-hydrogen) atoms. The van der Waals surface area contributed by atoms with Gasteiger partial charge in [0.05, 0.1) is 6.61 Å². The van der Waals surface area contributed by atoms with Crippen LogP contribution in [0.2, 0.25) is 0 Å². The Hall–Kier alpha value is -1.50. The molecule has 0 spiro atoms. The number of carbonyl (C=O) groups is 1. The van der Waals surface area contributed by atoms with Crippen molar-refractivity contribution in [3.8, 4) is 0 Å². The van der Waals surface area contributed by atoms with Crippen LogP contribution in [-0.2, 0) is 9.47 Å². The van der Waals surface area contributed by atoms with Gasteiger partial charge < -0.3 is 9.47 Å². The Kier molecular flexibility index (Phi) is 3.36. The molecule has 1 saturated heterocycles. The maximum Gasteiger partial charge on any atom is 0.413 e. The van der Waals surface area contributed by atoms with E-state index in [0.717, 1.165) is 0 Å². The van der Waals surface area contributed by atoms with E-state index in [1.807, 2.05) is 41.5 Å². The lowest BCUT2D eigenvalue weighted by atomic mass is 9.99. The number of hydrogen-bond donors (Lipinski definition) is 0. The van der Waals surface area contributed by atoms with Gasteiger partial charge in [0.15, 0.2) is 12.5 Å². The molecular formula is C13H22N4O3. The van der Waals surface area contributed by atoms with Gasteiger partial charge in [0.1, 0.15) is 16.9 Å². The van der Waals surface area contributed by atoms with Crippen LogP contribution in [0.5, 0.6) is 0 Å². The van der Waals surface area contributed by atoms with Gasteiger partial charge in [0.25, 0.3) is 0 Å². The molecule has 1 amide bonds. The molecule has 2 heterocycles. The highest BCUT2D eigenvalue weighted by molar-refractivity contribution is 5.95. The van der Waals surface area contributed by atoms with Crippen LogP contribution in [0.1, 0.15) is 41.5 Å². The zero-order chi connectivity index (χ0) is 15.2. The minimum absolute atomic E-state index is 0.299. The number of amidine groups is 1. The molecule has 0 bridgehead atoms. The first-order chi connectivity index (χ1) is 9.06. The molecule has 0 saturated carbocycles. The van der Waals surface area contributed by atoms with Gasteiger partial charge in [-0.15, -0.1) is 5.11 Å². The zero-order valence-corrected chi connectivity index (χ0v) is 12.9. The summed E-state index contributed by atoms with van der Waals surface area (Å²) in [5.41, 5.74) is -2.11. The topological polar surface area (TPSA) is 75.8 Å². The molecule has 0 aromatic carbocycles. The van der Waals surface area contributed by atoms with Gasteiger partial charge in [-0.1, -0.05) is 0 Å². The van der Waals surface area contributed by atoms with Crippen LogP contribution in [0.3, 0.4) is 0 Å². The molecule has 2 aliphatic rings. The largest absolute Gasteiger partial charge is 0.444 e. The summed E-state index contributed by atoms with van der Waals surface area (Å²) in [5, 5.41) is 7.89. The van der Waals surface area contributed by atoms with Crippen LogP contribution in [0.4, 0.5) is 4.79 Å². The molecule has 1 fully saturated rings. The smallest absolute Gasteiger partial charge is 0.413 e. The summed E-state index contributed by atoms with van der Waals surface area (Å²) in [6.45, 7) is 11.6. The first kappa shape index (κ1) is 14.9. The van der Waals surface area contributed by atoms with Crippen LogP contribution in [0.15, 0.2) is 15.2 Å². The van der Waals surface area contributed by atoms with Crippen molar-refractivity contribution in [2.45, 2.75) is 58.4 Å². The first-order valence-electron chi connectivity index (χ1n) is 6.66. The Morgan fingerprint density at radius 3 is 2.50 bits per heavy atom. The third kappa shape index (κ3) is 2.54. The Morgan fingerprint density at radius 2 is 2.00 bits per heavy atom. The van der Waals surface area contributed by atoms with Gasteiger partial charge >= 0.3 is 6.09 Å². The molecule has 2 rings (SSSR count). The fraction of sp³-hybridized carbons (Fsp3) is 0.846. The van der Waals surface area contributed by atoms with Crippen molar-refractivity contribution >= 4 is 11.9 Å². The second-order valence-electron chi connectivity index (χ2n) is 6.69. The number of ether oxygens (including phenoxy) is 2. The molecule has 2 aliphatic heterocycles. The predicted octanol–water partition coefficient (Wildman–Crippen LogP) is 2.57. The summed E-state index contributed by atoms with van der Waals surface area (Å²) < 4.78 is 11.3. The van der Waals surface area contributed by atoms with Crippen molar-refractivity contribution in [3.63, 3.8) is 0 Å². The lowest BCUT2D eigenvalue weighted by Crippen LogP contribution is -2.58. The van der Waals surface area contributed by atoms with E-state index < -0.39 is 23.0 Å². The van der Waals surface area contributed by atoms with Crippen LogP contribution < -0.4 is 0 Å². The maximum atomic E-state index is 12.5. The van der Waals surface area contributed by atoms with Gasteiger partial charge in [-0.25, -0.2) is 9.79 Å². The van der Waals surface area contributed by atoms with E-state index in [2.05, 4.69) is 15.2 Å². The fourth-order valence-corrected chi connectivity index (χ4v) is 2.44. The predicted molar refractivity (Wildman–Crippen MR) is 73.7 cm³/mol. The second kappa shape index (κ2) is 4.51. The number of amides is 1. The summed E-state index contributed by atoms with van der Waals surface area (Å²) in [5.74, 6) is 0.508. The van der Waals surface area contributed by atoms with Crippen LogP contribution in [0, 0.1) is 0 Å². The summed E-state index contributed by atoms with van der Waals surface area (Å²) in [6, 6.07) is 0. The zero-order valence-electron chi connectivity index (χ0n) is 12.9. The standard InChI is InChI=1S/C13H22N4O3/c1-11(2,3)20-10(18)17-12(4,5)19-7-13(17,6)9-14-8-15-16-9/h7-8H2,1-6H3. The third-order valence-corrected chi connectivity index (χ3v) is 3.25. The molecule has 7 nitrogen and oxygen atoms in total. The van der Waals surface area contributed by atoms with E-state index in [9.17, 15) is 4.79 Å². The Balaban J connectivity index is 2.34. The van der Waals surface area contributed by atoms with Gasteiger partial charge in [0, 0.05) is 0 Å². The molecule has 0 aromatic rings. The molecule has 0 N–H and O–H groups in total. The number of nitrogens with zero attached hydrogens (tertiary/aromatic N) is 4. The van der Waals surface area contributed by atoms with Gasteiger partial charge in [-0.3, -0.25) is 4.90 Å². The van der Waals surface area contributed by atoms with Gasteiger partial charge in [-0.05, 0) is 41.5 Å². The highest BCUT2D eigenvalue weighted by Crippen LogP contribution is 2.38. The monoisotopic (exact) mass is 282 g/mol. The normalized spacial score (nSPS) is 28.7. The van der Waals surface area contributed by atoms with Crippen molar-refractivity contribution in [2.24, 2.45) is 15.2 Å². The first-order valence-corrected chi connectivity index (χ1v) is 6.66. The Morgan fingerprint density at radius 1 is 1.35 bits per heavy atom. The van der Waals surface area contributed by atoms with E-state index in [0.29, 0.717) is 19.1 Å². The number of rotatable bonds is 1. The minimum atomic E-state index is -0.780.